The number of Topliss-reactive ketones (excluding diaryl/α,β-unsaturated/α-hetero) is 1. The first-order valence-corrected chi connectivity index (χ1v) is 12.9. The van der Waals surface area contributed by atoms with E-state index in [1.54, 1.807) is 52.1 Å². The summed E-state index contributed by atoms with van der Waals surface area (Å²) in [6.45, 7) is 8.96. The van der Waals surface area contributed by atoms with Crippen molar-refractivity contribution in [1.29, 1.82) is 0 Å². The van der Waals surface area contributed by atoms with Crippen molar-refractivity contribution in [1.82, 2.24) is 4.98 Å². The molecule has 3 heterocycles. The van der Waals surface area contributed by atoms with Crippen LogP contribution in [0, 0.1) is 11.3 Å². The second-order valence-corrected chi connectivity index (χ2v) is 11.0. The number of pyridine rings is 1. The van der Waals surface area contributed by atoms with Crippen molar-refractivity contribution in [2.24, 2.45) is 11.3 Å². The molecule has 0 unspecified atom stereocenters. The lowest BCUT2D eigenvalue weighted by Gasteiger charge is -2.35. The highest BCUT2D eigenvalue weighted by molar-refractivity contribution is 6.32. The normalized spacial score (nSPS) is 36.6. The van der Waals surface area contributed by atoms with E-state index >= 15 is 0 Å². The van der Waals surface area contributed by atoms with Crippen LogP contribution in [-0.4, -0.2) is 69.7 Å². The average Bonchev–Trinajstić information content (AvgIpc) is 3.47. The molecule has 0 spiro atoms. The fourth-order valence-electron chi connectivity index (χ4n) is 4.63. The lowest BCUT2D eigenvalue weighted by Crippen LogP contribution is -2.48. The number of carbonyl (C=O) groups excluding carboxylic acids is 2. The van der Waals surface area contributed by atoms with Crippen LogP contribution in [0.15, 0.2) is 29.4 Å². The number of aromatic nitrogens is 1. The van der Waals surface area contributed by atoms with Crippen molar-refractivity contribution >= 4 is 29.4 Å². The van der Waals surface area contributed by atoms with Crippen molar-refractivity contribution in [3.8, 4) is 0 Å². The van der Waals surface area contributed by atoms with Gasteiger partial charge in [0.15, 0.2) is 0 Å². The van der Waals surface area contributed by atoms with E-state index in [4.69, 9.17) is 25.8 Å². The topological polar surface area (TPSA) is 118 Å². The number of aliphatic hydroxyl groups is 2. The Morgan fingerprint density at radius 1 is 1.25 bits per heavy atom. The molecule has 2 fully saturated rings. The zero-order chi connectivity index (χ0) is 26.7. The molecule has 0 amide bonds. The summed E-state index contributed by atoms with van der Waals surface area (Å²) in [5.74, 6) is -1.76. The first kappa shape index (κ1) is 28.7. The van der Waals surface area contributed by atoms with Crippen LogP contribution in [0.1, 0.15) is 66.0 Å². The molecule has 8 nitrogen and oxygen atoms in total. The summed E-state index contributed by atoms with van der Waals surface area (Å²) < 4.78 is 17.5. The third-order valence-electron chi connectivity index (χ3n) is 7.50. The number of rotatable bonds is 3. The molecule has 2 N–H and O–H groups in total. The van der Waals surface area contributed by atoms with Crippen LogP contribution >= 0.6 is 11.6 Å². The number of hydrogen-bond donors (Lipinski definition) is 2. The molecule has 2 aliphatic rings. The molecule has 0 radical (unpaired) electrons. The summed E-state index contributed by atoms with van der Waals surface area (Å²) in [6.07, 6.45) is 0.151. The lowest BCUT2D eigenvalue weighted by molar-refractivity contribution is -0.155. The second kappa shape index (κ2) is 11.7. The molecule has 0 aliphatic carbocycles. The van der Waals surface area contributed by atoms with Gasteiger partial charge in [-0.15, -0.1) is 0 Å². The molecule has 1 aromatic heterocycles. The van der Waals surface area contributed by atoms with E-state index < -0.39 is 53.7 Å². The Bertz CT molecular complexity index is 953. The van der Waals surface area contributed by atoms with Gasteiger partial charge in [0.2, 0.25) is 0 Å². The van der Waals surface area contributed by atoms with Gasteiger partial charge in [0.05, 0.1) is 52.6 Å². The van der Waals surface area contributed by atoms with Crippen molar-refractivity contribution in [3.05, 3.63) is 35.1 Å². The fourth-order valence-corrected chi connectivity index (χ4v) is 4.88. The minimum Gasteiger partial charge on any atom is -0.456 e. The molecule has 1 aromatic rings. The van der Waals surface area contributed by atoms with E-state index in [-0.39, 0.29) is 16.9 Å². The number of ketones is 1. The number of epoxide rings is 1. The van der Waals surface area contributed by atoms with Crippen molar-refractivity contribution in [3.63, 3.8) is 0 Å². The maximum Gasteiger partial charge on any atom is 0.309 e. The summed E-state index contributed by atoms with van der Waals surface area (Å²) in [5.41, 5.74) is -1.17. The number of aliphatic hydroxyl groups excluding tert-OH is 2. The Hall–Kier alpha value is -1.84. The molecule has 36 heavy (non-hydrogen) atoms. The van der Waals surface area contributed by atoms with Crippen molar-refractivity contribution in [2.75, 3.05) is 6.61 Å². The third-order valence-corrected chi connectivity index (χ3v) is 7.85. The van der Waals surface area contributed by atoms with E-state index in [2.05, 4.69) is 4.98 Å². The van der Waals surface area contributed by atoms with Crippen LogP contribution < -0.4 is 0 Å². The van der Waals surface area contributed by atoms with E-state index in [1.807, 2.05) is 13.0 Å². The van der Waals surface area contributed by atoms with Crippen molar-refractivity contribution in [2.45, 2.75) is 96.4 Å². The van der Waals surface area contributed by atoms with E-state index in [0.717, 1.165) is 0 Å². The first-order chi connectivity index (χ1) is 16.9. The number of cyclic esters (lactones) is 1. The summed E-state index contributed by atoms with van der Waals surface area (Å²) in [4.78, 5) is 30.5. The first-order valence-electron chi connectivity index (χ1n) is 12.6. The number of fused-ring (bicyclic) bond motifs is 1. The lowest BCUT2D eigenvalue weighted by atomic mass is 9.73. The van der Waals surface area contributed by atoms with Gasteiger partial charge in [-0.25, -0.2) is 0 Å². The smallest absolute Gasteiger partial charge is 0.309 e. The Kier molecular flexibility index (Phi) is 9.33. The summed E-state index contributed by atoms with van der Waals surface area (Å²) in [5, 5.41) is 22.1. The predicted molar refractivity (Wildman–Crippen MR) is 135 cm³/mol. The predicted octanol–water partition coefficient (Wildman–Crippen LogP) is 3.66. The third kappa shape index (κ3) is 6.72. The minimum absolute atomic E-state index is 0.218. The summed E-state index contributed by atoms with van der Waals surface area (Å²) in [7, 11) is 0. The van der Waals surface area contributed by atoms with Crippen LogP contribution in [0.4, 0.5) is 0 Å². The minimum atomic E-state index is -1.32. The SMILES string of the molecule is CC[C@H]1C(=O)C(C)(C)[C@@H](O)CC(=O)O[C@H](C(Cl)=Cc2ccccn2)C[C@@H]2O[C@]2(C)CCO[C@H](C)[C@H]1O. The Labute approximate surface area is 218 Å². The molecule has 2 saturated heterocycles. The number of nitrogens with zero attached hydrogens (tertiary/aromatic N) is 1. The van der Waals surface area contributed by atoms with Gasteiger partial charge in [0, 0.05) is 31.6 Å². The molecule has 2 aliphatic heterocycles. The molecule has 0 bridgehead atoms. The molecule has 0 aromatic carbocycles. The van der Waals surface area contributed by atoms with Crippen molar-refractivity contribution < 1.29 is 34.0 Å². The standard InChI is InChI=1S/C27H38ClNO7/c1-6-18-24(32)16(2)34-12-10-27(5)22(36-27)14-20(19(28)13-17-9-7-8-11-29-17)35-23(31)15-21(30)26(3,4)25(18)33/h7-9,11,13,16,18,20-22,24,30,32H,6,10,12,14-15H2,1-5H3/t16-,18-,20+,21+,22+,24-,27-/m1/s1. The van der Waals surface area contributed by atoms with Gasteiger partial charge in [-0.1, -0.05) is 38.4 Å². The zero-order valence-electron chi connectivity index (χ0n) is 21.6. The highest BCUT2D eigenvalue weighted by atomic mass is 35.5. The molecular formula is C27H38ClNO7. The van der Waals surface area contributed by atoms with Gasteiger partial charge >= 0.3 is 5.97 Å². The number of carbonyl (C=O) groups is 2. The molecule has 200 valence electrons. The fraction of sp³-hybridized carbons (Fsp3) is 0.667. The second-order valence-electron chi connectivity index (χ2n) is 10.6. The maximum atomic E-state index is 13.4. The quantitative estimate of drug-likeness (QED) is 0.455. The number of halogens is 1. The van der Waals surface area contributed by atoms with E-state index in [1.165, 1.54) is 0 Å². The molecule has 9 heteroatoms. The Morgan fingerprint density at radius 3 is 2.61 bits per heavy atom. The molecule has 3 rings (SSSR count). The molecule has 0 saturated carbocycles. The highest BCUT2D eigenvalue weighted by Gasteiger charge is 2.53. The average molecular weight is 524 g/mol. The largest absolute Gasteiger partial charge is 0.456 e. The van der Waals surface area contributed by atoms with Crippen LogP contribution in [0.2, 0.25) is 0 Å². The number of hydrogen-bond acceptors (Lipinski definition) is 8. The summed E-state index contributed by atoms with van der Waals surface area (Å²) >= 11 is 6.60. The van der Waals surface area contributed by atoms with Crippen LogP contribution in [0.3, 0.4) is 0 Å². The van der Waals surface area contributed by atoms with Crippen LogP contribution in [0.5, 0.6) is 0 Å². The highest BCUT2D eigenvalue weighted by Crippen LogP contribution is 2.44. The number of esters is 1. The van der Waals surface area contributed by atoms with Gasteiger partial charge in [0.25, 0.3) is 0 Å². The van der Waals surface area contributed by atoms with E-state index in [0.29, 0.717) is 31.6 Å². The van der Waals surface area contributed by atoms with Crippen LogP contribution in [0.25, 0.3) is 6.08 Å². The monoisotopic (exact) mass is 523 g/mol. The summed E-state index contributed by atoms with van der Waals surface area (Å²) in [6, 6.07) is 5.40. The van der Waals surface area contributed by atoms with Gasteiger partial charge < -0.3 is 24.4 Å². The Balaban J connectivity index is 1.87. The molecular weight excluding hydrogens is 486 g/mol. The molecule has 7 atom stereocenters. The Morgan fingerprint density at radius 2 is 1.97 bits per heavy atom. The van der Waals surface area contributed by atoms with Gasteiger partial charge in [-0.05, 0) is 38.5 Å². The van der Waals surface area contributed by atoms with Gasteiger partial charge in [-0.3, -0.25) is 14.6 Å². The van der Waals surface area contributed by atoms with Gasteiger partial charge in [0.1, 0.15) is 11.9 Å². The number of ether oxygens (including phenoxy) is 3. The van der Waals surface area contributed by atoms with E-state index in [9.17, 15) is 19.8 Å². The maximum absolute atomic E-state index is 13.4. The zero-order valence-corrected chi connectivity index (χ0v) is 22.4. The van der Waals surface area contributed by atoms with Crippen LogP contribution in [-0.2, 0) is 23.8 Å². The van der Waals surface area contributed by atoms with Gasteiger partial charge in [-0.2, -0.15) is 0 Å².